The Morgan fingerprint density at radius 2 is 1.94 bits per heavy atom. The summed E-state index contributed by atoms with van der Waals surface area (Å²) in [6.45, 7) is 6.13. The Balaban J connectivity index is 1.69. The zero-order chi connectivity index (χ0) is 26.0. The van der Waals surface area contributed by atoms with Gasteiger partial charge < -0.3 is 14.5 Å². The summed E-state index contributed by atoms with van der Waals surface area (Å²) in [5.74, 6) is 1.07. The van der Waals surface area contributed by atoms with Gasteiger partial charge in [0.2, 0.25) is 15.9 Å². The van der Waals surface area contributed by atoms with Crippen molar-refractivity contribution in [3.63, 3.8) is 0 Å². The number of hydrogen-bond acceptors (Lipinski definition) is 7. The van der Waals surface area contributed by atoms with E-state index in [4.69, 9.17) is 9.72 Å². The van der Waals surface area contributed by atoms with E-state index in [1.807, 2.05) is 18.7 Å². The summed E-state index contributed by atoms with van der Waals surface area (Å²) < 4.78 is 31.7. The first-order chi connectivity index (χ1) is 17.2. The molecule has 0 unspecified atom stereocenters. The molecule has 1 aromatic heterocycles. The van der Waals surface area contributed by atoms with E-state index < -0.39 is 10.0 Å². The molecule has 1 saturated carbocycles. The second-order valence-corrected chi connectivity index (χ2v) is 11.3. The van der Waals surface area contributed by atoms with E-state index in [0.717, 1.165) is 35.2 Å². The molecule has 0 radical (unpaired) electrons. The van der Waals surface area contributed by atoms with E-state index in [2.05, 4.69) is 15.7 Å². The fourth-order valence-corrected chi connectivity index (χ4v) is 5.59. The quantitative estimate of drug-likeness (QED) is 0.579. The van der Waals surface area contributed by atoms with Crippen LogP contribution < -0.4 is 9.62 Å². The average molecular weight is 512 g/mol. The van der Waals surface area contributed by atoms with E-state index in [1.165, 1.54) is 7.05 Å². The van der Waals surface area contributed by atoms with Gasteiger partial charge in [0, 0.05) is 44.3 Å². The summed E-state index contributed by atoms with van der Waals surface area (Å²) in [5, 5.41) is 10.1. The topological polar surface area (TPSA) is 116 Å². The Kier molecular flexibility index (Phi) is 7.64. The van der Waals surface area contributed by atoms with Crippen LogP contribution in [0, 0.1) is 18.3 Å². The van der Waals surface area contributed by atoms with Crippen molar-refractivity contribution in [2.45, 2.75) is 50.0 Å². The highest BCUT2D eigenvalue weighted by Crippen LogP contribution is 2.46. The van der Waals surface area contributed by atoms with Crippen LogP contribution in [0.15, 0.2) is 29.2 Å². The number of anilines is 1. The third-order valence-electron chi connectivity index (χ3n) is 7.02. The second-order valence-electron chi connectivity index (χ2n) is 9.44. The van der Waals surface area contributed by atoms with Crippen molar-refractivity contribution in [2.75, 3.05) is 45.3 Å². The minimum absolute atomic E-state index is 0.0116. The lowest BCUT2D eigenvalue weighted by Crippen LogP contribution is -2.54. The lowest BCUT2D eigenvalue weighted by atomic mass is 9.93. The van der Waals surface area contributed by atoms with Crippen LogP contribution in [0.4, 0.5) is 5.82 Å². The molecule has 1 aromatic carbocycles. The van der Waals surface area contributed by atoms with Gasteiger partial charge in [-0.1, -0.05) is 12.1 Å². The van der Waals surface area contributed by atoms with Crippen molar-refractivity contribution in [2.24, 2.45) is 0 Å². The third-order valence-corrected chi connectivity index (χ3v) is 8.45. The fourth-order valence-electron chi connectivity index (χ4n) is 4.86. The van der Waals surface area contributed by atoms with Gasteiger partial charge in [-0.2, -0.15) is 5.26 Å². The number of carbonyl (C=O) groups is 1. The largest absolute Gasteiger partial charge is 0.384 e. The van der Waals surface area contributed by atoms with Gasteiger partial charge in [-0.05, 0) is 57.0 Å². The highest BCUT2D eigenvalue weighted by Gasteiger charge is 2.34. The molecule has 1 aliphatic heterocycles. The normalized spacial score (nSPS) is 18.2. The van der Waals surface area contributed by atoms with Gasteiger partial charge in [0.1, 0.15) is 11.9 Å². The summed E-state index contributed by atoms with van der Waals surface area (Å²) in [6.07, 6.45) is 2.43. The fraction of sp³-hybridized carbons (Fsp3) is 0.500. The molecule has 1 saturated heterocycles. The van der Waals surface area contributed by atoms with Gasteiger partial charge in [-0.15, -0.1) is 0 Å². The molecule has 0 spiro atoms. The summed E-state index contributed by atoms with van der Waals surface area (Å²) in [4.78, 5) is 21.8. The van der Waals surface area contributed by atoms with Crippen LogP contribution in [0.5, 0.6) is 0 Å². The SMILES string of the molecule is CNS(=O)(=O)c1ccc(-c2c(C3CC3)nc(N3CCN(C(=O)CCOC)[C@H](C)C3)c(C#N)c2C)cc1. The minimum atomic E-state index is -3.54. The number of piperazine rings is 1. The standard InChI is InChI=1S/C26H33N5O4S/c1-17-16-30(12-13-31(17)23(32)11-14-35-4)26-22(15-27)18(2)24(25(29-26)20-5-6-20)19-7-9-21(10-8-19)36(33,34)28-3/h7-10,17,20,28H,5-6,11-14,16H2,1-4H3/t17-/m1/s1. The lowest BCUT2D eigenvalue weighted by molar-refractivity contribution is -0.134. The number of methoxy groups -OCH3 is 1. The van der Waals surface area contributed by atoms with E-state index in [1.54, 1.807) is 31.4 Å². The number of carbonyl (C=O) groups excluding carboxylic acids is 1. The predicted molar refractivity (Wildman–Crippen MR) is 137 cm³/mol. The second kappa shape index (κ2) is 10.5. The molecule has 4 rings (SSSR count). The Morgan fingerprint density at radius 3 is 2.50 bits per heavy atom. The molecule has 2 fully saturated rings. The first-order valence-electron chi connectivity index (χ1n) is 12.2. The number of ether oxygens (including phenoxy) is 1. The maximum atomic E-state index is 12.6. The van der Waals surface area contributed by atoms with Crippen LogP contribution in [-0.2, 0) is 19.6 Å². The zero-order valence-corrected chi connectivity index (χ0v) is 22.1. The van der Waals surface area contributed by atoms with Gasteiger partial charge in [0.15, 0.2) is 0 Å². The smallest absolute Gasteiger partial charge is 0.240 e. The summed E-state index contributed by atoms with van der Waals surface area (Å²) in [7, 11) is -0.562. The molecular formula is C26H33N5O4S. The number of nitrogens with one attached hydrogen (secondary N) is 1. The predicted octanol–water partition coefficient (Wildman–Crippen LogP) is 2.79. The van der Waals surface area contributed by atoms with E-state index >= 15 is 0 Å². The molecule has 1 amide bonds. The maximum absolute atomic E-state index is 12.6. The number of pyridine rings is 1. The van der Waals surface area contributed by atoms with Crippen LogP contribution in [0.1, 0.15) is 48.9 Å². The van der Waals surface area contributed by atoms with Gasteiger partial charge in [-0.3, -0.25) is 4.79 Å². The molecule has 36 heavy (non-hydrogen) atoms. The summed E-state index contributed by atoms with van der Waals surface area (Å²) in [6, 6.07) is 9.10. The molecule has 1 atom stereocenters. The van der Waals surface area contributed by atoms with Gasteiger partial charge in [0.05, 0.1) is 29.2 Å². The number of sulfonamides is 1. The van der Waals surface area contributed by atoms with Crippen molar-refractivity contribution in [3.8, 4) is 17.2 Å². The molecular weight excluding hydrogens is 478 g/mol. The zero-order valence-electron chi connectivity index (χ0n) is 21.2. The van der Waals surface area contributed by atoms with Crippen LogP contribution in [0.2, 0.25) is 0 Å². The summed E-state index contributed by atoms with van der Waals surface area (Å²) in [5.41, 5.74) is 4.08. The molecule has 1 aliphatic carbocycles. The van der Waals surface area contributed by atoms with Crippen LogP contribution in [0.25, 0.3) is 11.1 Å². The number of rotatable bonds is 8. The number of nitrogens with zero attached hydrogens (tertiary/aromatic N) is 4. The molecule has 9 nitrogen and oxygen atoms in total. The summed E-state index contributed by atoms with van der Waals surface area (Å²) >= 11 is 0. The van der Waals surface area contributed by atoms with E-state index in [0.29, 0.717) is 50.0 Å². The molecule has 2 aromatic rings. The molecule has 2 aliphatic rings. The number of benzene rings is 1. The van der Waals surface area contributed by atoms with Gasteiger partial charge in [0.25, 0.3) is 0 Å². The molecule has 192 valence electrons. The molecule has 2 heterocycles. The van der Waals surface area contributed by atoms with Gasteiger partial charge in [-0.25, -0.2) is 18.1 Å². The lowest BCUT2D eigenvalue weighted by Gasteiger charge is -2.41. The van der Waals surface area contributed by atoms with E-state index in [-0.39, 0.29) is 16.8 Å². The Hall–Kier alpha value is -3.00. The first-order valence-corrected chi connectivity index (χ1v) is 13.7. The van der Waals surface area contributed by atoms with Crippen molar-refractivity contribution in [1.29, 1.82) is 5.26 Å². The Labute approximate surface area is 213 Å². The number of nitriles is 1. The average Bonchev–Trinajstić information content (AvgIpc) is 3.72. The maximum Gasteiger partial charge on any atom is 0.240 e. The van der Waals surface area contributed by atoms with Crippen LogP contribution >= 0.6 is 0 Å². The Morgan fingerprint density at radius 1 is 1.25 bits per heavy atom. The number of amides is 1. The van der Waals surface area contributed by atoms with Crippen molar-refractivity contribution in [1.82, 2.24) is 14.6 Å². The molecule has 10 heteroatoms. The Bertz CT molecular complexity index is 1280. The highest BCUT2D eigenvalue weighted by molar-refractivity contribution is 7.89. The monoisotopic (exact) mass is 511 g/mol. The molecule has 1 N–H and O–H groups in total. The van der Waals surface area contributed by atoms with E-state index in [9.17, 15) is 18.5 Å². The van der Waals surface area contributed by atoms with Crippen molar-refractivity contribution >= 4 is 21.7 Å². The minimum Gasteiger partial charge on any atom is -0.384 e. The van der Waals surface area contributed by atoms with Crippen LogP contribution in [0.3, 0.4) is 0 Å². The van der Waals surface area contributed by atoms with Crippen LogP contribution in [-0.4, -0.2) is 70.6 Å². The number of aromatic nitrogens is 1. The highest BCUT2D eigenvalue weighted by atomic mass is 32.2. The van der Waals surface area contributed by atoms with Crippen molar-refractivity contribution in [3.05, 3.63) is 41.1 Å². The van der Waals surface area contributed by atoms with Crippen molar-refractivity contribution < 1.29 is 17.9 Å². The molecule has 0 bridgehead atoms. The first kappa shape index (κ1) is 26.1. The van der Waals surface area contributed by atoms with Gasteiger partial charge >= 0.3 is 0 Å². The third kappa shape index (κ3) is 5.09. The number of hydrogen-bond donors (Lipinski definition) is 1.